The van der Waals surface area contributed by atoms with E-state index in [9.17, 15) is 9.59 Å². The van der Waals surface area contributed by atoms with Crippen molar-refractivity contribution in [1.82, 2.24) is 4.90 Å². The van der Waals surface area contributed by atoms with Gasteiger partial charge in [-0.05, 0) is 34.1 Å². The highest BCUT2D eigenvalue weighted by atomic mass is 79.9. The summed E-state index contributed by atoms with van der Waals surface area (Å²) in [5.41, 5.74) is 0.450. The van der Waals surface area contributed by atoms with Crippen molar-refractivity contribution in [3.8, 4) is 12.3 Å². The molecule has 2 amide bonds. The highest BCUT2D eigenvalue weighted by Crippen LogP contribution is 2.25. The van der Waals surface area contributed by atoms with Crippen LogP contribution in [0, 0.1) is 12.3 Å². The Balaban J connectivity index is 2.78. The normalized spacial score (nSPS) is 9.53. The van der Waals surface area contributed by atoms with Crippen LogP contribution in [0.3, 0.4) is 0 Å². The van der Waals surface area contributed by atoms with Gasteiger partial charge in [0.15, 0.2) is 0 Å². The lowest BCUT2D eigenvalue weighted by atomic mass is 10.3. The Morgan fingerprint density at radius 3 is 2.74 bits per heavy atom. The highest BCUT2D eigenvalue weighted by Gasteiger charge is 2.16. The first kappa shape index (κ1) is 15.3. The monoisotopic (exact) mass is 344 g/mol. The number of amides is 2. The molecule has 1 aromatic carbocycles. The lowest BCUT2D eigenvalue weighted by Gasteiger charge is -2.18. The van der Waals surface area contributed by atoms with E-state index >= 15 is 0 Å². The summed E-state index contributed by atoms with van der Waals surface area (Å²) in [4.78, 5) is 23.5. The van der Waals surface area contributed by atoms with Crippen LogP contribution in [0.2, 0.25) is 5.02 Å². The van der Waals surface area contributed by atoms with Gasteiger partial charge in [-0.1, -0.05) is 17.5 Å². The van der Waals surface area contributed by atoms with Crippen molar-refractivity contribution in [3.63, 3.8) is 0 Å². The number of benzene rings is 1. The second-order valence-corrected chi connectivity index (χ2v) is 4.77. The summed E-state index contributed by atoms with van der Waals surface area (Å²) in [6.45, 7) is -0.567. The third-order valence-electron chi connectivity index (χ3n) is 2.07. The molecule has 0 unspecified atom stereocenters. The van der Waals surface area contributed by atoms with Gasteiger partial charge in [-0.3, -0.25) is 4.79 Å². The summed E-state index contributed by atoms with van der Waals surface area (Å²) in [6, 6.07) is 4.24. The fraction of sp³-hybridized carbons (Fsp3) is 0.167. The molecule has 5 nitrogen and oxygen atoms in total. The number of carbonyl (C=O) groups excluding carboxylic acids is 1. The van der Waals surface area contributed by atoms with Crippen LogP contribution in [-0.2, 0) is 4.79 Å². The molecule has 0 heterocycles. The van der Waals surface area contributed by atoms with Crippen molar-refractivity contribution >= 4 is 45.2 Å². The molecule has 7 heteroatoms. The molecular formula is C12H10BrClN2O3. The Bertz CT molecular complexity index is 542. The van der Waals surface area contributed by atoms with E-state index in [-0.39, 0.29) is 6.54 Å². The first-order valence-electron chi connectivity index (χ1n) is 5.10. The number of terminal acetylenes is 1. The minimum atomic E-state index is -1.14. The second-order valence-electron chi connectivity index (χ2n) is 3.51. The van der Waals surface area contributed by atoms with E-state index in [4.69, 9.17) is 23.1 Å². The SMILES string of the molecule is C#CCN(CC(=O)O)C(=O)Nc1ccc(Br)c(Cl)c1. The van der Waals surface area contributed by atoms with E-state index in [1.807, 2.05) is 0 Å². The Labute approximate surface area is 123 Å². The molecule has 2 N–H and O–H groups in total. The number of carbonyl (C=O) groups is 2. The van der Waals surface area contributed by atoms with Crippen LogP contribution in [0.5, 0.6) is 0 Å². The average molecular weight is 346 g/mol. The van der Waals surface area contributed by atoms with Gasteiger partial charge in [-0.15, -0.1) is 6.42 Å². The van der Waals surface area contributed by atoms with Crippen molar-refractivity contribution < 1.29 is 14.7 Å². The number of rotatable bonds is 4. The van der Waals surface area contributed by atoms with Crippen LogP contribution in [0.15, 0.2) is 22.7 Å². The largest absolute Gasteiger partial charge is 0.480 e. The Kier molecular flexibility index (Phi) is 5.67. The third-order valence-corrected chi connectivity index (χ3v) is 3.30. The molecule has 1 rings (SSSR count). The number of anilines is 1. The van der Waals surface area contributed by atoms with Gasteiger partial charge in [0.25, 0.3) is 0 Å². The van der Waals surface area contributed by atoms with Gasteiger partial charge in [-0.25, -0.2) is 4.79 Å². The zero-order valence-corrected chi connectivity index (χ0v) is 12.0. The molecule has 0 aliphatic heterocycles. The summed E-state index contributed by atoms with van der Waals surface area (Å²) in [7, 11) is 0. The van der Waals surface area contributed by atoms with E-state index in [0.29, 0.717) is 15.2 Å². The Morgan fingerprint density at radius 2 is 2.21 bits per heavy atom. The van der Waals surface area contributed by atoms with Crippen LogP contribution >= 0.6 is 27.5 Å². The number of halogens is 2. The summed E-state index contributed by atoms with van der Waals surface area (Å²) in [5, 5.41) is 11.6. The quantitative estimate of drug-likeness (QED) is 0.824. The van der Waals surface area contributed by atoms with E-state index in [1.165, 1.54) is 0 Å². The standard InChI is InChI=1S/C12H10BrClN2O3/c1-2-5-16(7-11(17)18)12(19)15-8-3-4-9(13)10(14)6-8/h1,3-4,6H,5,7H2,(H,15,19)(H,17,18). The van der Waals surface area contributed by atoms with E-state index < -0.39 is 18.5 Å². The van der Waals surface area contributed by atoms with Gasteiger partial charge in [0, 0.05) is 10.2 Å². The van der Waals surface area contributed by atoms with E-state index in [1.54, 1.807) is 18.2 Å². The summed E-state index contributed by atoms with van der Waals surface area (Å²) < 4.78 is 0.693. The molecule has 0 atom stereocenters. The minimum Gasteiger partial charge on any atom is -0.480 e. The summed E-state index contributed by atoms with van der Waals surface area (Å²) in [6.07, 6.45) is 5.09. The summed E-state index contributed by atoms with van der Waals surface area (Å²) in [5.74, 6) is 1.09. The predicted octanol–water partition coefficient (Wildman–Crippen LogP) is 2.65. The van der Waals surface area contributed by atoms with Gasteiger partial charge in [0.2, 0.25) is 0 Å². The molecule has 0 bridgehead atoms. The minimum absolute atomic E-state index is 0.0948. The second kappa shape index (κ2) is 7.02. The fourth-order valence-electron chi connectivity index (χ4n) is 1.25. The van der Waals surface area contributed by atoms with Gasteiger partial charge in [0.05, 0.1) is 11.6 Å². The molecule has 0 saturated heterocycles. The number of carboxylic acids is 1. The van der Waals surface area contributed by atoms with Gasteiger partial charge in [0.1, 0.15) is 6.54 Å². The van der Waals surface area contributed by atoms with Crippen LogP contribution in [0.25, 0.3) is 0 Å². The lowest BCUT2D eigenvalue weighted by Crippen LogP contribution is -2.39. The average Bonchev–Trinajstić information content (AvgIpc) is 2.33. The molecule has 0 aromatic heterocycles. The topological polar surface area (TPSA) is 69.6 Å². The number of hydrogen-bond donors (Lipinski definition) is 2. The van der Waals surface area contributed by atoms with E-state index in [0.717, 1.165) is 4.90 Å². The van der Waals surface area contributed by atoms with Crippen molar-refractivity contribution in [2.75, 3.05) is 18.4 Å². The van der Waals surface area contributed by atoms with Crippen molar-refractivity contribution in [1.29, 1.82) is 0 Å². The molecule has 0 spiro atoms. The number of carboxylic acid groups (broad SMARTS) is 1. The van der Waals surface area contributed by atoms with Gasteiger partial charge < -0.3 is 15.3 Å². The Morgan fingerprint density at radius 1 is 1.53 bits per heavy atom. The molecule has 0 aliphatic carbocycles. The first-order chi connectivity index (χ1) is 8.93. The molecule has 0 aliphatic rings. The molecule has 1 aromatic rings. The van der Waals surface area contributed by atoms with Crippen LogP contribution in [0.4, 0.5) is 10.5 Å². The highest BCUT2D eigenvalue weighted by molar-refractivity contribution is 9.10. The van der Waals surface area contributed by atoms with E-state index in [2.05, 4.69) is 27.2 Å². The lowest BCUT2D eigenvalue weighted by molar-refractivity contribution is -0.137. The summed E-state index contributed by atoms with van der Waals surface area (Å²) >= 11 is 9.11. The number of urea groups is 1. The molecule has 19 heavy (non-hydrogen) atoms. The van der Waals surface area contributed by atoms with Crippen molar-refractivity contribution in [2.24, 2.45) is 0 Å². The zero-order valence-electron chi connectivity index (χ0n) is 9.69. The predicted molar refractivity (Wildman–Crippen MR) is 76.2 cm³/mol. The van der Waals surface area contributed by atoms with Crippen LogP contribution in [0.1, 0.15) is 0 Å². The van der Waals surface area contributed by atoms with Crippen molar-refractivity contribution in [3.05, 3.63) is 27.7 Å². The molecule has 100 valence electrons. The van der Waals surface area contributed by atoms with Crippen molar-refractivity contribution in [2.45, 2.75) is 0 Å². The number of nitrogens with one attached hydrogen (secondary N) is 1. The molecule has 0 fully saturated rings. The molecule has 0 radical (unpaired) electrons. The third kappa shape index (κ3) is 4.81. The van der Waals surface area contributed by atoms with Gasteiger partial charge in [-0.2, -0.15) is 0 Å². The first-order valence-corrected chi connectivity index (χ1v) is 6.27. The zero-order chi connectivity index (χ0) is 14.4. The molecule has 0 saturated carbocycles. The smallest absolute Gasteiger partial charge is 0.323 e. The maximum Gasteiger partial charge on any atom is 0.323 e. The number of hydrogen-bond acceptors (Lipinski definition) is 2. The molecular weight excluding hydrogens is 336 g/mol. The maximum absolute atomic E-state index is 11.8. The fourth-order valence-corrected chi connectivity index (χ4v) is 1.68. The van der Waals surface area contributed by atoms with Crippen LogP contribution in [-0.4, -0.2) is 35.1 Å². The van der Waals surface area contributed by atoms with Crippen LogP contribution < -0.4 is 5.32 Å². The Hall–Kier alpha value is -1.71. The number of nitrogens with zero attached hydrogens (tertiary/aromatic N) is 1. The van der Waals surface area contributed by atoms with Gasteiger partial charge >= 0.3 is 12.0 Å². The maximum atomic E-state index is 11.8. The number of aliphatic carboxylic acids is 1.